The molecule has 5 aromatic carbocycles. The van der Waals surface area contributed by atoms with Gasteiger partial charge in [-0.2, -0.15) is 0 Å². The molecule has 1 unspecified atom stereocenters. The smallest absolute Gasteiger partial charge is 0.407 e. The number of sulfonamides is 1. The van der Waals surface area contributed by atoms with Gasteiger partial charge in [-0.1, -0.05) is 87.0 Å². The van der Waals surface area contributed by atoms with Gasteiger partial charge in [-0.3, -0.25) is 19.8 Å². The maximum absolute atomic E-state index is 13.8. The van der Waals surface area contributed by atoms with Crippen LogP contribution in [0.1, 0.15) is 43.1 Å². The Kier molecular flexibility index (Phi) is 13.9. The maximum atomic E-state index is 13.8. The summed E-state index contributed by atoms with van der Waals surface area (Å²) < 4.78 is 35.6. The number of rotatable bonds is 15. The number of nitro benzene ring substituents is 1. The third kappa shape index (κ3) is 11.4. The number of hydrogen-bond acceptors (Lipinski definition) is 10. The number of nitrogens with one attached hydrogen (secondary N) is 2. The summed E-state index contributed by atoms with van der Waals surface area (Å²) in [5.41, 5.74) is 3.24. The van der Waals surface area contributed by atoms with Crippen molar-refractivity contribution in [1.29, 1.82) is 0 Å². The number of para-hydroxylation sites is 1. The second kappa shape index (κ2) is 19.0. The van der Waals surface area contributed by atoms with Gasteiger partial charge in [-0.25, -0.2) is 17.9 Å². The molecule has 61 heavy (non-hydrogen) atoms. The molecule has 1 aliphatic rings. The highest BCUT2D eigenvalue weighted by Gasteiger charge is 2.30. The molecule has 0 aromatic heterocycles. The van der Waals surface area contributed by atoms with E-state index < -0.39 is 49.0 Å². The van der Waals surface area contributed by atoms with Gasteiger partial charge in [-0.05, 0) is 77.1 Å². The van der Waals surface area contributed by atoms with E-state index in [1.807, 2.05) is 63.2 Å². The van der Waals surface area contributed by atoms with Crippen molar-refractivity contribution in [2.75, 3.05) is 50.0 Å². The number of carboxylic acid groups (broad SMARTS) is 1. The summed E-state index contributed by atoms with van der Waals surface area (Å²) in [6.45, 7) is 9.54. The molecule has 1 atom stereocenters. The standard InChI is InChI=1S/C45H49ClN6O8S/c1-45(2,3)42(22-23-49(4)44(54)55)47-39-21-19-36(29-40(39)52(56)57)61(58,59)48-43(53)38-20-18-34(28-41(38)60-35-11-6-5-7-12-35)51-26-24-50(25-27-51)30-32-10-8-9-13-37(32)31-14-16-33(46)17-15-31/h5-21,28-29,42,47H,22-27,30H2,1-4H3,(H,48,53)(H,54,55). The minimum absolute atomic E-state index is 0.0471. The van der Waals surface area contributed by atoms with Crippen molar-refractivity contribution in [1.82, 2.24) is 14.5 Å². The van der Waals surface area contributed by atoms with Crippen LogP contribution < -0.4 is 19.7 Å². The average Bonchev–Trinajstić information content (AvgIpc) is 3.22. The molecule has 1 saturated heterocycles. The van der Waals surface area contributed by atoms with Gasteiger partial charge in [0.1, 0.15) is 17.2 Å². The van der Waals surface area contributed by atoms with Crippen LogP contribution in [0.5, 0.6) is 11.5 Å². The van der Waals surface area contributed by atoms with Crippen molar-refractivity contribution in [2.45, 2.75) is 44.7 Å². The molecule has 1 fully saturated rings. The summed E-state index contributed by atoms with van der Waals surface area (Å²) in [6, 6.07) is 32.8. The summed E-state index contributed by atoms with van der Waals surface area (Å²) in [7, 11) is -3.20. The van der Waals surface area contributed by atoms with Gasteiger partial charge in [-0.15, -0.1) is 0 Å². The summed E-state index contributed by atoms with van der Waals surface area (Å²) in [5, 5.41) is 25.4. The van der Waals surface area contributed by atoms with Gasteiger partial charge in [0, 0.05) is 75.2 Å². The zero-order valence-electron chi connectivity index (χ0n) is 34.4. The van der Waals surface area contributed by atoms with Crippen LogP contribution in [0, 0.1) is 15.5 Å². The van der Waals surface area contributed by atoms with E-state index in [2.05, 4.69) is 32.0 Å². The summed E-state index contributed by atoms with van der Waals surface area (Å²) in [4.78, 5) is 41.9. The molecule has 1 heterocycles. The average molecular weight is 869 g/mol. The van der Waals surface area contributed by atoms with Crippen LogP contribution in [0.2, 0.25) is 5.02 Å². The molecule has 0 radical (unpaired) electrons. The molecule has 0 spiro atoms. The lowest BCUT2D eigenvalue weighted by molar-refractivity contribution is -0.384. The van der Waals surface area contributed by atoms with Gasteiger partial charge in [0.2, 0.25) is 0 Å². The lowest BCUT2D eigenvalue weighted by atomic mass is 9.84. The molecular formula is C45H49ClN6O8S. The second-order valence-electron chi connectivity index (χ2n) is 15.9. The van der Waals surface area contributed by atoms with Crippen molar-refractivity contribution >= 4 is 50.7 Å². The number of carbonyl (C=O) groups is 2. The highest BCUT2D eigenvalue weighted by atomic mass is 35.5. The Labute approximate surface area is 360 Å². The van der Waals surface area contributed by atoms with Crippen LogP contribution >= 0.6 is 11.6 Å². The van der Waals surface area contributed by atoms with Gasteiger partial charge >= 0.3 is 6.09 Å². The fourth-order valence-corrected chi connectivity index (χ4v) is 8.20. The first kappa shape index (κ1) is 44.4. The molecule has 16 heteroatoms. The summed E-state index contributed by atoms with van der Waals surface area (Å²) in [6.07, 6.45) is -0.786. The summed E-state index contributed by atoms with van der Waals surface area (Å²) >= 11 is 6.14. The normalized spacial score (nSPS) is 13.9. The fourth-order valence-electron chi connectivity index (χ4n) is 7.09. The predicted octanol–water partition coefficient (Wildman–Crippen LogP) is 8.97. The number of halogens is 1. The van der Waals surface area contributed by atoms with Crippen molar-refractivity contribution in [2.24, 2.45) is 5.41 Å². The molecular weight excluding hydrogens is 820 g/mol. The van der Waals surface area contributed by atoms with E-state index in [0.29, 0.717) is 30.3 Å². The highest BCUT2D eigenvalue weighted by molar-refractivity contribution is 7.90. The zero-order chi connectivity index (χ0) is 43.9. The van der Waals surface area contributed by atoms with E-state index in [-0.39, 0.29) is 23.5 Å². The van der Waals surface area contributed by atoms with Crippen molar-refractivity contribution in [3.05, 3.63) is 142 Å². The van der Waals surface area contributed by atoms with Crippen molar-refractivity contribution < 1.29 is 32.8 Å². The van der Waals surface area contributed by atoms with Gasteiger partial charge < -0.3 is 25.0 Å². The van der Waals surface area contributed by atoms with E-state index >= 15 is 0 Å². The van der Waals surface area contributed by atoms with Crippen LogP contribution in [0.3, 0.4) is 0 Å². The molecule has 0 bridgehead atoms. The Balaban J connectivity index is 1.19. The van der Waals surface area contributed by atoms with E-state index in [1.54, 1.807) is 36.4 Å². The fraction of sp³-hybridized carbons (Fsp3) is 0.289. The molecule has 2 amide bonds. The molecule has 5 aromatic rings. The Morgan fingerprint density at radius 2 is 1.59 bits per heavy atom. The first-order valence-corrected chi connectivity index (χ1v) is 21.6. The van der Waals surface area contributed by atoms with E-state index in [4.69, 9.17) is 16.3 Å². The third-order valence-electron chi connectivity index (χ3n) is 10.6. The first-order chi connectivity index (χ1) is 29.0. The molecule has 0 aliphatic carbocycles. The minimum atomic E-state index is -4.62. The lowest BCUT2D eigenvalue weighted by Crippen LogP contribution is -2.46. The number of piperazine rings is 1. The number of benzene rings is 5. The Morgan fingerprint density at radius 3 is 2.25 bits per heavy atom. The number of nitrogens with zero attached hydrogens (tertiary/aromatic N) is 4. The summed E-state index contributed by atoms with van der Waals surface area (Å²) in [5.74, 6) is -0.424. The van der Waals surface area contributed by atoms with Gasteiger partial charge in [0.15, 0.2) is 0 Å². The number of nitro groups is 1. The number of anilines is 2. The SMILES string of the molecule is CN(CCC(Nc1ccc(S(=O)(=O)NC(=O)c2ccc(N3CCN(Cc4ccccc4-c4ccc(Cl)cc4)CC3)cc2Oc2ccccc2)cc1[N+](=O)[O-])C(C)(C)C)C(=O)O. The van der Waals surface area contributed by atoms with E-state index in [9.17, 15) is 33.2 Å². The van der Waals surface area contributed by atoms with Crippen LogP contribution in [-0.4, -0.2) is 86.1 Å². The van der Waals surface area contributed by atoms with Crippen LogP contribution in [-0.2, 0) is 16.6 Å². The zero-order valence-corrected chi connectivity index (χ0v) is 35.9. The van der Waals surface area contributed by atoms with Crippen LogP contribution in [0.4, 0.5) is 21.9 Å². The third-order valence-corrected chi connectivity index (χ3v) is 12.2. The van der Waals surface area contributed by atoms with Crippen LogP contribution in [0.15, 0.2) is 120 Å². The Morgan fingerprint density at radius 1 is 0.918 bits per heavy atom. The first-order valence-electron chi connectivity index (χ1n) is 19.7. The van der Waals surface area contributed by atoms with Crippen molar-refractivity contribution in [3.8, 4) is 22.6 Å². The molecule has 0 saturated carbocycles. The minimum Gasteiger partial charge on any atom is -0.465 e. The predicted molar refractivity (Wildman–Crippen MR) is 237 cm³/mol. The Bertz CT molecular complexity index is 2470. The maximum Gasteiger partial charge on any atom is 0.407 e. The number of amides is 2. The van der Waals surface area contributed by atoms with Crippen molar-refractivity contribution in [3.63, 3.8) is 0 Å². The van der Waals surface area contributed by atoms with Crippen LogP contribution in [0.25, 0.3) is 11.1 Å². The van der Waals surface area contributed by atoms with E-state index in [0.717, 1.165) is 47.4 Å². The molecule has 6 rings (SSSR count). The van der Waals surface area contributed by atoms with Gasteiger partial charge in [0.05, 0.1) is 15.4 Å². The van der Waals surface area contributed by atoms with Gasteiger partial charge in [0.25, 0.3) is 21.6 Å². The molecule has 1 aliphatic heterocycles. The topological polar surface area (TPSA) is 175 Å². The Hall–Kier alpha value is -6.16. The number of ether oxygens (including phenoxy) is 1. The largest absolute Gasteiger partial charge is 0.465 e. The number of hydrogen-bond donors (Lipinski definition) is 3. The monoisotopic (exact) mass is 868 g/mol. The molecule has 14 nitrogen and oxygen atoms in total. The molecule has 3 N–H and O–H groups in total. The second-order valence-corrected chi connectivity index (χ2v) is 18.1. The molecule has 320 valence electrons. The quantitative estimate of drug-likeness (QED) is 0.0677. The van der Waals surface area contributed by atoms with E-state index in [1.165, 1.54) is 30.8 Å². The highest BCUT2D eigenvalue weighted by Crippen LogP contribution is 2.35. The lowest BCUT2D eigenvalue weighted by Gasteiger charge is -2.36. The number of carbonyl (C=O) groups excluding carboxylic acids is 1.